The van der Waals surface area contributed by atoms with Gasteiger partial charge in [0.1, 0.15) is 5.69 Å². The zero-order valence-electron chi connectivity index (χ0n) is 11.8. The molecule has 3 aromatic heterocycles. The van der Waals surface area contributed by atoms with Crippen molar-refractivity contribution >= 4 is 10.9 Å². The van der Waals surface area contributed by atoms with Gasteiger partial charge in [-0.1, -0.05) is 17.3 Å². The van der Waals surface area contributed by atoms with Crippen LogP contribution in [-0.4, -0.2) is 29.7 Å². The van der Waals surface area contributed by atoms with Crippen LogP contribution in [-0.2, 0) is 6.54 Å². The topological polar surface area (TPSA) is 99.6 Å². The molecule has 0 aliphatic heterocycles. The summed E-state index contributed by atoms with van der Waals surface area (Å²) in [7, 11) is 0. The molecule has 0 aliphatic carbocycles. The molecule has 0 bridgehead atoms. The molecule has 0 saturated carbocycles. The molecular formula is C15H10N6O2. The molecule has 3 heterocycles. The van der Waals surface area contributed by atoms with E-state index in [-0.39, 0.29) is 18.0 Å². The summed E-state index contributed by atoms with van der Waals surface area (Å²) in [6.07, 6.45) is 6.10. The summed E-state index contributed by atoms with van der Waals surface area (Å²) in [5.74, 6) is 0.625. The number of hydrogen-bond donors (Lipinski definition) is 0. The van der Waals surface area contributed by atoms with Crippen LogP contribution >= 0.6 is 0 Å². The van der Waals surface area contributed by atoms with Gasteiger partial charge in [-0.05, 0) is 12.1 Å². The van der Waals surface area contributed by atoms with Crippen molar-refractivity contribution in [2.24, 2.45) is 0 Å². The summed E-state index contributed by atoms with van der Waals surface area (Å²) in [6.45, 7) is 0.167. The van der Waals surface area contributed by atoms with Gasteiger partial charge in [0.25, 0.3) is 11.4 Å². The van der Waals surface area contributed by atoms with Crippen molar-refractivity contribution in [3.8, 4) is 11.6 Å². The van der Waals surface area contributed by atoms with Crippen LogP contribution in [0.15, 0.2) is 58.5 Å². The lowest BCUT2D eigenvalue weighted by atomic mass is 10.2. The molecule has 0 aliphatic rings. The molecule has 0 atom stereocenters. The van der Waals surface area contributed by atoms with Gasteiger partial charge in [-0.25, -0.2) is 9.97 Å². The van der Waals surface area contributed by atoms with E-state index < -0.39 is 0 Å². The molecule has 112 valence electrons. The Morgan fingerprint density at radius 3 is 2.91 bits per heavy atom. The molecule has 0 spiro atoms. The van der Waals surface area contributed by atoms with Crippen molar-refractivity contribution in [1.82, 2.24) is 29.7 Å². The number of para-hydroxylation sites is 1. The highest BCUT2D eigenvalue weighted by Gasteiger charge is 2.12. The lowest BCUT2D eigenvalue weighted by Crippen LogP contribution is -2.21. The molecule has 4 aromatic rings. The lowest BCUT2D eigenvalue weighted by Gasteiger charge is -2.03. The Hall–Kier alpha value is -3.42. The highest BCUT2D eigenvalue weighted by Crippen LogP contribution is 2.12. The van der Waals surface area contributed by atoms with Crippen LogP contribution < -0.4 is 5.56 Å². The van der Waals surface area contributed by atoms with Crippen LogP contribution in [0, 0.1) is 0 Å². The normalized spacial score (nSPS) is 11.0. The molecule has 4 rings (SSSR count). The number of hydrogen-bond acceptors (Lipinski definition) is 7. The summed E-state index contributed by atoms with van der Waals surface area (Å²) in [4.78, 5) is 28.9. The minimum atomic E-state index is -0.151. The quantitative estimate of drug-likeness (QED) is 0.562. The maximum Gasteiger partial charge on any atom is 0.278 e. The summed E-state index contributed by atoms with van der Waals surface area (Å²) in [6, 6.07) is 7.17. The zero-order valence-corrected chi connectivity index (χ0v) is 11.8. The van der Waals surface area contributed by atoms with Gasteiger partial charge in [-0.3, -0.25) is 14.3 Å². The fourth-order valence-electron chi connectivity index (χ4n) is 2.20. The van der Waals surface area contributed by atoms with E-state index in [0.29, 0.717) is 22.4 Å². The van der Waals surface area contributed by atoms with Gasteiger partial charge >= 0.3 is 0 Å². The third-order valence-electron chi connectivity index (χ3n) is 3.29. The highest BCUT2D eigenvalue weighted by atomic mass is 16.5. The van der Waals surface area contributed by atoms with E-state index in [0.717, 1.165) is 0 Å². The Bertz CT molecular complexity index is 1020. The fraction of sp³-hybridized carbons (Fsp3) is 0.0667. The van der Waals surface area contributed by atoms with Crippen LogP contribution in [0.5, 0.6) is 0 Å². The van der Waals surface area contributed by atoms with Crippen molar-refractivity contribution < 1.29 is 4.52 Å². The van der Waals surface area contributed by atoms with Gasteiger partial charge in [-0.15, -0.1) is 0 Å². The molecule has 0 N–H and O–H groups in total. The lowest BCUT2D eigenvalue weighted by molar-refractivity contribution is 0.418. The maximum absolute atomic E-state index is 12.4. The largest absolute Gasteiger partial charge is 0.332 e. The van der Waals surface area contributed by atoms with Gasteiger partial charge in [0.05, 0.1) is 30.0 Å². The van der Waals surface area contributed by atoms with E-state index in [4.69, 9.17) is 4.52 Å². The molecular weight excluding hydrogens is 296 g/mol. The predicted octanol–water partition coefficient (Wildman–Crippen LogP) is 1.28. The molecule has 23 heavy (non-hydrogen) atoms. The summed E-state index contributed by atoms with van der Waals surface area (Å²) in [5.41, 5.74) is 0.985. The second-order valence-electron chi connectivity index (χ2n) is 4.80. The average molecular weight is 306 g/mol. The molecule has 0 saturated heterocycles. The number of aromatic nitrogens is 6. The minimum Gasteiger partial charge on any atom is -0.332 e. The second kappa shape index (κ2) is 5.41. The number of fused-ring (bicyclic) bond motifs is 1. The van der Waals surface area contributed by atoms with Crippen molar-refractivity contribution in [2.75, 3.05) is 0 Å². The summed E-state index contributed by atoms with van der Waals surface area (Å²) in [5, 5.41) is 4.42. The zero-order chi connectivity index (χ0) is 15.6. The van der Waals surface area contributed by atoms with Gasteiger partial charge < -0.3 is 4.52 Å². The van der Waals surface area contributed by atoms with Crippen LogP contribution in [0.1, 0.15) is 5.82 Å². The first-order valence-corrected chi connectivity index (χ1v) is 6.84. The first kappa shape index (κ1) is 13.3. The number of nitrogens with zero attached hydrogens (tertiary/aromatic N) is 6. The summed E-state index contributed by atoms with van der Waals surface area (Å²) < 4.78 is 6.59. The van der Waals surface area contributed by atoms with E-state index in [1.165, 1.54) is 23.3 Å². The van der Waals surface area contributed by atoms with Gasteiger partial charge in [0.2, 0.25) is 0 Å². The molecule has 8 heteroatoms. The molecule has 0 fully saturated rings. The highest BCUT2D eigenvalue weighted by molar-refractivity contribution is 5.76. The number of rotatable bonds is 3. The Morgan fingerprint density at radius 2 is 2.04 bits per heavy atom. The molecule has 1 aromatic carbocycles. The SMILES string of the molecule is O=c1c2ccccc2ncn1Cc1noc(-c2cnccn2)n1. The second-order valence-corrected chi connectivity index (χ2v) is 4.80. The summed E-state index contributed by atoms with van der Waals surface area (Å²) >= 11 is 0. The third-order valence-corrected chi connectivity index (χ3v) is 3.29. The average Bonchev–Trinajstić information content (AvgIpc) is 3.07. The van der Waals surface area contributed by atoms with Crippen molar-refractivity contribution in [3.05, 3.63) is 65.4 Å². The fourth-order valence-corrected chi connectivity index (χ4v) is 2.20. The van der Waals surface area contributed by atoms with E-state index >= 15 is 0 Å². The number of benzene rings is 1. The molecule has 8 nitrogen and oxygen atoms in total. The minimum absolute atomic E-state index is 0.151. The van der Waals surface area contributed by atoms with Crippen LogP contribution in [0.4, 0.5) is 0 Å². The Labute approximate surface area is 129 Å². The Kier molecular flexibility index (Phi) is 3.12. The van der Waals surface area contributed by atoms with Crippen molar-refractivity contribution in [1.29, 1.82) is 0 Å². The van der Waals surface area contributed by atoms with E-state index in [1.54, 1.807) is 24.4 Å². The van der Waals surface area contributed by atoms with Crippen molar-refractivity contribution in [3.63, 3.8) is 0 Å². The predicted molar refractivity (Wildman–Crippen MR) is 80.4 cm³/mol. The van der Waals surface area contributed by atoms with E-state index in [9.17, 15) is 4.79 Å². The van der Waals surface area contributed by atoms with Crippen LogP contribution in [0.2, 0.25) is 0 Å². The third kappa shape index (κ3) is 2.46. The smallest absolute Gasteiger partial charge is 0.278 e. The van der Waals surface area contributed by atoms with E-state index in [1.807, 2.05) is 6.07 Å². The van der Waals surface area contributed by atoms with E-state index in [2.05, 4.69) is 25.1 Å². The molecule has 0 radical (unpaired) electrons. The van der Waals surface area contributed by atoms with Crippen LogP contribution in [0.25, 0.3) is 22.5 Å². The first-order chi connectivity index (χ1) is 11.3. The monoisotopic (exact) mass is 306 g/mol. The van der Waals surface area contributed by atoms with Crippen molar-refractivity contribution in [2.45, 2.75) is 6.54 Å². The Balaban J connectivity index is 1.68. The molecule has 0 unspecified atom stereocenters. The maximum atomic E-state index is 12.4. The first-order valence-electron chi connectivity index (χ1n) is 6.84. The molecule has 0 amide bonds. The standard InChI is InChI=1S/C15H10N6O2/c22-15-10-3-1-2-4-11(10)18-9-21(15)8-13-19-14(23-20-13)12-7-16-5-6-17-12/h1-7,9H,8H2. The van der Waals surface area contributed by atoms with Gasteiger partial charge in [-0.2, -0.15) is 4.98 Å². The Morgan fingerprint density at radius 1 is 1.13 bits per heavy atom. The van der Waals surface area contributed by atoms with Crippen LogP contribution in [0.3, 0.4) is 0 Å². The van der Waals surface area contributed by atoms with Gasteiger partial charge in [0, 0.05) is 12.4 Å². The van der Waals surface area contributed by atoms with Gasteiger partial charge in [0.15, 0.2) is 5.82 Å².